The molecule has 0 saturated heterocycles. The van der Waals surface area contributed by atoms with Gasteiger partial charge in [-0.15, -0.1) is 0 Å². The SMILES string of the molecule is O=S(=O)(Nc1ccncc1Br)c1ccc2c(c1)CCC2. The fourth-order valence-corrected chi connectivity index (χ4v) is 3.99. The number of aromatic nitrogens is 1. The van der Waals surface area contributed by atoms with Gasteiger partial charge in [0.1, 0.15) is 0 Å². The molecule has 1 N–H and O–H groups in total. The van der Waals surface area contributed by atoms with Gasteiger partial charge in [-0.05, 0) is 64.5 Å². The molecule has 6 heteroatoms. The van der Waals surface area contributed by atoms with Crippen molar-refractivity contribution >= 4 is 31.6 Å². The molecule has 0 radical (unpaired) electrons. The van der Waals surface area contributed by atoms with Crippen LogP contribution in [0.3, 0.4) is 0 Å². The smallest absolute Gasteiger partial charge is 0.261 e. The summed E-state index contributed by atoms with van der Waals surface area (Å²) < 4.78 is 28.0. The molecule has 20 heavy (non-hydrogen) atoms. The van der Waals surface area contributed by atoms with Crippen LogP contribution in [0.5, 0.6) is 0 Å². The van der Waals surface area contributed by atoms with Crippen LogP contribution in [0.25, 0.3) is 0 Å². The second-order valence-corrected chi connectivity index (χ2v) is 7.28. The molecule has 3 rings (SSSR count). The molecule has 104 valence electrons. The third kappa shape index (κ3) is 2.58. The zero-order chi connectivity index (χ0) is 14.2. The number of anilines is 1. The fourth-order valence-electron chi connectivity index (χ4n) is 2.38. The summed E-state index contributed by atoms with van der Waals surface area (Å²) in [6.07, 6.45) is 6.20. The lowest BCUT2D eigenvalue weighted by Crippen LogP contribution is -2.13. The maximum absolute atomic E-state index is 12.4. The number of nitrogens with one attached hydrogen (secondary N) is 1. The van der Waals surface area contributed by atoms with E-state index in [0.29, 0.717) is 15.1 Å². The summed E-state index contributed by atoms with van der Waals surface area (Å²) in [4.78, 5) is 4.22. The average Bonchev–Trinajstić information content (AvgIpc) is 2.88. The fraction of sp³-hybridized carbons (Fsp3) is 0.214. The third-order valence-electron chi connectivity index (χ3n) is 3.40. The Labute approximate surface area is 126 Å². The molecule has 0 aliphatic heterocycles. The van der Waals surface area contributed by atoms with E-state index in [1.807, 2.05) is 6.07 Å². The maximum Gasteiger partial charge on any atom is 0.261 e. The standard InChI is InChI=1S/C14H13BrN2O2S/c15-13-9-16-7-6-14(13)17-20(18,19)12-5-4-10-2-1-3-11(10)8-12/h4-9H,1-3H2,(H,16,17). The van der Waals surface area contributed by atoms with E-state index in [-0.39, 0.29) is 0 Å². The molecule has 0 bridgehead atoms. The van der Waals surface area contributed by atoms with Crippen molar-refractivity contribution in [1.29, 1.82) is 0 Å². The molecule has 0 fully saturated rings. The number of benzene rings is 1. The topological polar surface area (TPSA) is 59.1 Å². The molecule has 0 saturated carbocycles. The molecular weight excluding hydrogens is 340 g/mol. The van der Waals surface area contributed by atoms with Crippen LogP contribution in [-0.2, 0) is 22.9 Å². The molecule has 4 nitrogen and oxygen atoms in total. The highest BCUT2D eigenvalue weighted by molar-refractivity contribution is 9.10. The number of hydrogen-bond donors (Lipinski definition) is 1. The minimum absolute atomic E-state index is 0.307. The molecule has 0 unspecified atom stereocenters. The first-order valence-corrected chi connectivity index (χ1v) is 8.58. The minimum atomic E-state index is -3.57. The Morgan fingerprint density at radius 1 is 1.15 bits per heavy atom. The summed E-state index contributed by atoms with van der Waals surface area (Å²) in [6.45, 7) is 0. The van der Waals surface area contributed by atoms with Crippen LogP contribution < -0.4 is 4.72 Å². The lowest BCUT2D eigenvalue weighted by atomic mass is 10.1. The van der Waals surface area contributed by atoms with Crippen molar-refractivity contribution in [3.63, 3.8) is 0 Å². The van der Waals surface area contributed by atoms with Crippen LogP contribution in [-0.4, -0.2) is 13.4 Å². The van der Waals surface area contributed by atoms with E-state index >= 15 is 0 Å². The number of aryl methyl sites for hydroxylation is 2. The third-order valence-corrected chi connectivity index (χ3v) is 5.39. The Bertz CT molecular complexity index is 760. The molecular formula is C14H13BrN2O2S. The second-order valence-electron chi connectivity index (χ2n) is 4.75. The first-order chi connectivity index (χ1) is 9.56. The molecule has 1 aromatic carbocycles. The van der Waals surface area contributed by atoms with Gasteiger partial charge < -0.3 is 0 Å². The number of rotatable bonds is 3. The monoisotopic (exact) mass is 352 g/mol. The summed E-state index contributed by atoms with van der Waals surface area (Å²) in [5.74, 6) is 0. The van der Waals surface area contributed by atoms with Gasteiger partial charge in [0.2, 0.25) is 0 Å². The van der Waals surface area contributed by atoms with Crippen molar-refractivity contribution in [3.05, 3.63) is 52.3 Å². The van der Waals surface area contributed by atoms with E-state index in [9.17, 15) is 8.42 Å². The van der Waals surface area contributed by atoms with Gasteiger partial charge in [-0.25, -0.2) is 8.42 Å². The van der Waals surface area contributed by atoms with Crippen molar-refractivity contribution in [1.82, 2.24) is 4.98 Å². The molecule has 1 aliphatic carbocycles. The molecule has 0 spiro atoms. The summed E-state index contributed by atoms with van der Waals surface area (Å²) in [7, 11) is -3.57. The Morgan fingerprint density at radius 3 is 2.75 bits per heavy atom. The Kier molecular flexibility index (Phi) is 3.52. The molecule has 1 aliphatic rings. The molecule has 1 heterocycles. The summed E-state index contributed by atoms with van der Waals surface area (Å²) in [5, 5.41) is 0. The van der Waals surface area contributed by atoms with Crippen LogP contribution >= 0.6 is 15.9 Å². The summed E-state index contributed by atoms with van der Waals surface area (Å²) in [5.41, 5.74) is 2.89. The van der Waals surface area contributed by atoms with Gasteiger partial charge in [0.05, 0.1) is 15.1 Å². The maximum atomic E-state index is 12.4. The number of halogens is 1. The number of hydrogen-bond acceptors (Lipinski definition) is 3. The van der Waals surface area contributed by atoms with Crippen LogP contribution in [0.1, 0.15) is 17.5 Å². The molecule has 1 aromatic heterocycles. The van der Waals surface area contributed by atoms with Crippen molar-refractivity contribution in [3.8, 4) is 0 Å². The van der Waals surface area contributed by atoms with Gasteiger partial charge >= 0.3 is 0 Å². The molecule has 0 amide bonds. The van der Waals surface area contributed by atoms with Crippen molar-refractivity contribution < 1.29 is 8.42 Å². The van der Waals surface area contributed by atoms with Gasteiger partial charge in [0.25, 0.3) is 10.0 Å². The van der Waals surface area contributed by atoms with E-state index in [0.717, 1.165) is 24.8 Å². The lowest BCUT2D eigenvalue weighted by molar-refractivity contribution is 0.601. The largest absolute Gasteiger partial charge is 0.278 e. The van der Waals surface area contributed by atoms with Gasteiger partial charge in [-0.3, -0.25) is 9.71 Å². The summed E-state index contributed by atoms with van der Waals surface area (Å²) in [6, 6.07) is 6.98. The van der Waals surface area contributed by atoms with Crippen LogP contribution in [0.4, 0.5) is 5.69 Å². The predicted molar refractivity (Wildman–Crippen MR) is 81.2 cm³/mol. The Balaban J connectivity index is 1.94. The number of pyridine rings is 1. The van der Waals surface area contributed by atoms with Gasteiger partial charge in [0, 0.05) is 12.4 Å². The zero-order valence-electron chi connectivity index (χ0n) is 10.6. The average molecular weight is 353 g/mol. The molecule has 0 atom stereocenters. The van der Waals surface area contributed by atoms with E-state index in [1.165, 1.54) is 5.56 Å². The first-order valence-electron chi connectivity index (χ1n) is 6.30. The first kappa shape index (κ1) is 13.6. The lowest BCUT2D eigenvalue weighted by Gasteiger charge is -2.10. The number of nitrogens with zero attached hydrogens (tertiary/aromatic N) is 1. The molecule has 2 aromatic rings. The Morgan fingerprint density at radius 2 is 1.95 bits per heavy atom. The van der Waals surface area contributed by atoms with Gasteiger partial charge in [-0.2, -0.15) is 0 Å². The van der Waals surface area contributed by atoms with Crippen molar-refractivity contribution in [2.75, 3.05) is 4.72 Å². The quantitative estimate of drug-likeness (QED) is 0.922. The Hall–Kier alpha value is -1.40. The van der Waals surface area contributed by atoms with Crippen molar-refractivity contribution in [2.24, 2.45) is 0 Å². The normalized spacial score (nSPS) is 14.1. The van der Waals surface area contributed by atoms with Crippen LogP contribution in [0, 0.1) is 0 Å². The highest BCUT2D eigenvalue weighted by Gasteiger charge is 2.19. The second kappa shape index (κ2) is 5.18. The van der Waals surface area contributed by atoms with E-state index in [2.05, 4.69) is 25.6 Å². The van der Waals surface area contributed by atoms with Gasteiger partial charge in [0.15, 0.2) is 0 Å². The van der Waals surface area contributed by atoms with Crippen LogP contribution in [0.15, 0.2) is 46.0 Å². The number of fused-ring (bicyclic) bond motifs is 1. The summed E-state index contributed by atoms with van der Waals surface area (Å²) >= 11 is 3.28. The van der Waals surface area contributed by atoms with Gasteiger partial charge in [-0.1, -0.05) is 6.07 Å². The van der Waals surface area contributed by atoms with Crippen LogP contribution in [0.2, 0.25) is 0 Å². The highest BCUT2D eigenvalue weighted by atomic mass is 79.9. The van der Waals surface area contributed by atoms with Crippen molar-refractivity contribution in [2.45, 2.75) is 24.2 Å². The van der Waals surface area contributed by atoms with E-state index < -0.39 is 10.0 Å². The highest BCUT2D eigenvalue weighted by Crippen LogP contribution is 2.27. The van der Waals surface area contributed by atoms with E-state index in [1.54, 1.807) is 30.6 Å². The minimum Gasteiger partial charge on any atom is -0.278 e. The predicted octanol–water partition coefficient (Wildman–Crippen LogP) is 3.13. The zero-order valence-corrected chi connectivity index (χ0v) is 13.0. The number of sulfonamides is 1. The van der Waals surface area contributed by atoms with E-state index in [4.69, 9.17) is 0 Å².